The van der Waals surface area contributed by atoms with Crippen LogP contribution in [-0.4, -0.2) is 30.7 Å². The predicted molar refractivity (Wildman–Crippen MR) is 89.9 cm³/mol. The number of anilines is 1. The molecule has 0 atom stereocenters. The number of rotatable bonds is 7. The minimum atomic E-state index is -0.918. The molecule has 2 N–H and O–H groups in total. The lowest BCUT2D eigenvalue weighted by molar-refractivity contribution is -0.137. The fourth-order valence-corrected chi connectivity index (χ4v) is 2.07. The summed E-state index contributed by atoms with van der Waals surface area (Å²) in [6, 6.07) is 12.0. The number of carbonyl (C=O) groups excluding carboxylic acids is 1. The quantitative estimate of drug-likeness (QED) is 0.815. The summed E-state index contributed by atoms with van der Waals surface area (Å²) in [4.78, 5) is 22.8. The fraction of sp³-hybridized carbons (Fsp3) is 0.222. The zero-order valence-electron chi connectivity index (χ0n) is 13.5. The van der Waals surface area contributed by atoms with Crippen molar-refractivity contribution >= 4 is 17.6 Å². The number of aliphatic carboxylic acids is 1. The summed E-state index contributed by atoms with van der Waals surface area (Å²) in [6.45, 7) is 2.01. The summed E-state index contributed by atoms with van der Waals surface area (Å²) in [7, 11) is 1.55. The van der Waals surface area contributed by atoms with Crippen molar-refractivity contribution in [1.29, 1.82) is 0 Å². The van der Waals surface area contributed by atoms with Crippen LogP contribution in [0.5, 0.6) is 11.5 Å². The van der Waals surface area contributed by atoms with Crippen molar-refractivity contribution in [2.24, 2.45) is 0 Å². The minimum Gasteiger partial charge on any atom is -0.495 e. The Morgan fingerprint density at radius 2 is 1.83 bits per heavy atom. The molecule has 0 fully saturated rings. The summed E-state index contributed by atoms with van der Waals surface area (Å²) in [5, 5.41) is 11.4. The highest BCUT2D eigenvalue weighted by atomic mass is 16.5. The number of carbonyl (C=O) groups is 2. The summed E-state index contributed by atoms with van der Waals surface area (Å²) in [5.74, 6) is -0.0856. The molecule has 0 saturated carbocycles. The van der Waals surface area contributed by atoms with E-state index < -0.39 is 5.97 Å². The predicted octanol–water partition coefficient (Wildman–Crippen LogP) is 3.11. The molecule has 0 aliphatic heterocycles. The molecule has 0 saturated heterocycles. The van der Waals surface area contributed by atoms with Crippen LogP contribution in [0.2, 0.25) is 0 Å². The molecule has 0 aromatic heterocycles. The molecule has 0 unspecified atom stereocenters. The van der Waals surface area contributed by atoms with E-state index in [1.54, 1.807) is 37.4 Å². The normalized spacial score (nSPS) is 10.1. The van der Waals surface area contributed by atoms with Crippen LogP contribution in [0.15, 0.2) is 42.5 Å². The molecule has 0 spiro atoms. The molecule has 0 aliphatic carbocycles. The van der Waals surface area contributed by atoms with Gasteiger partial charge in [-0.2, -0.15) is 0 Å². The minimum absolute atomic E-state index is 0.0740. The van der Waals surface area contributed by atoms with Crippen molar-refractivity contribution in [2.45, 2.75) is 13.3 Å². The van der Waals surface area contributed by atoms with E-state index in [9.17, 15) is 9.59 Å². The molecule has 126 valence electrons. The Kier molecular flexibility index (Phi) is 5.78. The SMILES string of the molecule is COc1ccc(C)cc1NC(=O)c1ccc(OCCC(=O)O)cc1. The number of benzene rings is 2. The maximum absolute atomic E-state index is 12.3. The Morgan fingerprint density at radius 3 is 2.46 bits per heavy atom. The summed E-state index contributed by atoms with van der Waals surface area (Å²) in [5.41, 5.74) is 2.07. The summed E-state index contributed by atoms with van der Waals surface area (Å²) in [6.07, 6.45) is -0.0740. The molecule has 6 heteroatoms. The monoisotopic (exact) mass is 329 g/mol. The zero-order chi connectivity index (χ0) is 17.5. The van der Waals surface area contributed by atoms with Crippen LogP contribution in [0, 0.1) is 6.92 Å². The molecule has 1 amide bonds. The number of amides is 1. The molecule has 0 radical (unpaired) electrons. The van der Waals surface area contributed by atoms with Crippen LogP contribution in [-0.2, 0) is 4.79 Å². The topological polar surface area (TPSA) is 84.9 Å². The zero-order valence-corrected chi connectivity index (χ0v) is 13.5. The number of methoxy groups -OCH3 is 1. The number of carboxylic acids is 1. The largest absolute Gasteiger partial charge is 0.495 e. The Hall–Kier alpha value is -3.02. The molecular formula is C18H19NO5. The highest BCUT2D eigenvalue weighted by molar-refractivity contribution is 6.05. The Labute approximate surface area is 140 Å². The maximum Gasteiger partial charge on any atom is 0.306 e. The molecule has 0 aliphatic rings. The van der Waals surface area contributed by atoms with Crippen molar-refractivity contribution < 1.29 is 24.2 Å². The first kappa shape index (κ1) is 17.3. The van der Waals surface area contributed by atoms with E-state index in [2.05, 4.69) is 5.32 Å². The second-order valence-corrected chi connectivity index (χ2v) is 5.17. The van der Waals surface area contributed by atoms with Gasteiger partial charge in [0.1, 0.15) is 11.5 Å². The second-order valence-electron chi connectivity index (χ2n) is 5.17. The first-order chi connectivity index (χ1) is 11.5. The number of carboxylic acid groups (broad SMARTS) is 1. The van der Waals surface area contributed by atoms with Crippen molar-refractivity contribution in [3.05, 3.63) is 53.6 Å². The van der Waals surface area contributed by atoms with E-state index in [4.69, 9.17) is 14.6 Å². The van der Waals surface area contributed by atoms with Crippen molar-refractivity contribution in [2.75, 3.05) is 19.0 Å². The number of hydrogen-bond donors (Lipinski definition) is 2. The van der Waals surface area contributed by atoms with Crippen LogP contribution in [0.25, 0.3) is 0 Å². The third kappa shape index (κ3) is 4.74. The number of hydrogen-bond acceptors (Lipinski definition) is 4. The van der Waals surface area contributed by atoms with E-state index in [-0.39, 0.29) is 18.9 Å². The van der Waals surface area contributed by atoms with Gasteiger partial charge in [0, 0.05) is 5.56 Å². The van der Waals surface area contributed by atoms with Gasteiger partial charge in [0.05, 0.1) is 25.8 Å². The Balaban J connectivity index is 2.02. The van der Waals surface area contributed by atoms with Gasteiger partial charge in [-0.25, -0.2) is 0 Å². The molecule has 2 aromatic carbocycles. The first-order valence-electron chi connectivity index (χ1n) is 7.40. The van der Waals surface area contributed by atoms with Crippen LogP contribution < -0.4 is 14.8 Å². The van der Waals surface area contributed by atoms with Crippen molar-refractivity contribution in [3.63, 3.8) is 0 Å². The van der Waals surface area contributed by atoms with Gasteiger partial charge < -0.3 is 19.9 Å². The van der Waals surface area contributed by atoms with Crippen LogP contribution in [0.3, 0.4) is 0 Å². The lowest BCUT2D eigenvalue weighted by atomic mass is 10.1. The molecule has 24 heavy (non-hydrogen) atoms. The van der Waals surface area contributed by atoms with Gasteiger partial charge in [-0.15, -0.1) is 0 Å². The van der Waals surface area contributed by atoms with E-state index >= 15 is 0 Å². The molecule has 0 bridgehead atoms. The first-order valence-corrected chi connectivity index (χ1v) is 7.40. The van der Waals surface area contributed by atoms with E-state index in [0.29, 0.717) is 22.7 Å². The maximum atomic E-state index is 12.3. The van der Waals surface area contributed by atoms with Gasteiger partial charge in [0.25, 0.3) is 5.91 Å². The molecule has 2 aromatic rings. The van der Waals surface area contributed by atoms with Gasteiger partial charge in [-0.1, -0.05) is 6.07 Å². The summed E-state index contributed by atoms with van der Waals surface area (Å²) >= 11 is 0. The van der Waals surface area contributed by atoms with Crippen molar-refractivity contribution in [1.82, 2.24) is 0 Å². The molecular weight excluding hydrogens is 310 g/mol. The highest BCUT2D eigenvalue weighted by Gasteiger charge is 2.10. The lowest BCUT2D eigenvalue weighted by Gasteiger charge is -2.11. The smallest absolute Gasteiger partial charge is 0.306 e. The average Bonchev–Trinajstić information content (AvgIpc) is 2.55. The standard InChI is InChI=1S/C18H19NO5/c1-12-3-8-16(23-2)15(11-12)19-18(22)13-4-6-14(7-5-13)24-10-9-17(20)21/h3-8,11H,9-10H2,1-2H3,(H,19,22)(H,20,21). The Bertz CT molecular complexity index is 725. The van der Waals surface area contributed by atoms with Gasteiger partial charge >= 0.3 is 5.97 Å². The third-order valence-corrected chi connectivity index (χ3v) is 3.30. The van der Waals surface area contributed by atoms with Gasteiger partial charge in [0.2, 0.25) is 0 Å². The molecule has 6 nitrogen and oxygen atoms in total. The highest BCUT2D eigenvalue weighted by Crippen LogP contribution is 2.26. The molecule has 0 heterocycles. The van der Waals surface area contributed by atoms with E-state index in [1.807, 2.05) is 19.1 Å². The Morgan fingerprint density at radius 1 is 1.12 bits per heavy atom. The van der Waals surface area contributed by atoms with Crippen LogP contribution >= 0.6 is 0 Å². The number of nitrogens with one attached hydrogen (secondary N) is 1. The summed E-state index contributed by atoms with van der Waals surface area (Å²) < 4.78 is 10.5. The van der Waals surface area contributed by atoms with Crippen molar-refractivity contribution in [3.8, 4) is 11.5 Å². The number of ether oxygens (including phenoxy) is 2. The fourth-order valence-electron chi connectivity index (χ4n) is 2.07. The average molecular weight is 329 g/mol. The van der Waals surface area contributed by atoms with Crippen LogP contribution in [0.4, 0.5) is 5.69 Å². The van der Waals surface area contributed by atoms with E-state index in [0.717, 1.165) is 5.56 Å². The van der Waals surface area contributed by atoms with Gasteiger partial charge in [0.15, 0.2) is 0 Å². The van der Waals surface area contributed by atoms with E-state index in [1.165, 1.54) is 0 Å². The van der Waals surface area contributed by atoms with Gasteiger partial charge in [-0.3, -0.25) is 9.59 Å². The third-order valence-electron chi connectivity index (χ3n) is 3.30. The van der Waals surface area contributed by atoms with Gasteiger partial charge in [-0.05, 0) is 48.9 Å². The number of aryl methyl sites for hydroxylation is 1. The second kappa shape index (κ2) is 8.01. The van der Waals surface area contributed by atoms with Crippen LogP contribution in [0.1, 0.15) is 22.3 Å². The molecule has 2 rings (SSSR count). The lowest BCUT2D eigenvalue weighted by Crippen LogP contribution is -2.12.